The number of hydrogen-bond donors (Lipinski definition) is 2. The van der Waals surface area contributed by atoms with E-state index >= 15 is 0 Å². The summed E-state index contributed by atoms with van der Waals surface area (Å²) in [5.41, 5.74) is 2.30. The minimum atomic E-state index is -0.172. The lowest BCUT2D eigenvalue weighted by molar-refractivity contribution is 0.252. The van der Waals surface area contributed by atoms with Gasteiger partial charge in [-0.1, -0.05) is 29.8 Å². The van der Waals surface area contributed by atoms with Gasteiger partial charge in [-0.25, -0.2) is 4.79 Å². The first-order valence-electron chi connectivity index (χ1n) is 5.38. The summed E-state index contributed by atoms with van der Waals surface area (Å²) in [6.45, 7) is 2.58. The Morgan fingerprint density at radius 2 is 2.18 bits per heavy atom. The summed E-state index contributed by atoms with van der Waals surface area (Å²) in [5.74, 6) is 0. The Balaban J connectivity index is 1.84. The molecule has 4 heteroatoms. The molecule has 0 unspecified atom stereocenters. The Kier molecular flexibility index (Phi) is 3.77. The van der Waals surface area contributed by atoms with Gasteiger partial charge in [-0.15, -0.1) is 11.3 Å². The molecule has 0 bridgehead atoms. The number of hydrogen-bond acceptors (Lipinski definition) is 2. The maximum atomic E-state index is 11.6. The van der Waals surface area contributed by atoms with E-state index in [1.54, 1.807) is 0 Å². The third-order valence-electron chi connectivity index (χ3n) is 2.29. The number of thiophene rings is 1. The Hall–Kier alpha value is -1.81. The number of nitrogens with one attached hydrogen (secondary N) is 2. The molecular formula is C13H14N2OS. The van der Waals surface area contributed by atoms with Crippen LogP contribution >= 0.6 is 11.3 Å². The fourth-order valence-electron chi connectivity index (χ4n) is 1.51. The number of carbonyl (C=O) groups is 1. The average Bonchev–Trinajstić information content (AvgIpc) is 2.79. The van der Waals surface area contributed by atoms with E-state index in [2.05, 4.69) is 16.7 Å². The molecule has 0 aliphatic rings. The van der Waals surface area contributed by atoms with Crippen molar-refractivity contribution < 1.29 is 4.79 Å². The van der Waals surface area contributed by atoms with Gasteiger partial charge in [0.15, 0.2) is 0 Å². The molecule has 2 rings (SSSR count). The maximum Gasteiger partial charge on any atom is 0.320 e. The van der Waals surface area contributed by atoms with E-state index in [0.29, 0.717) is 6.54 Å². The lowest BCUT2D eigenvalue weighted by Crippen LogP contribution is -2.27. The number of carbonyl (C=O) groups excluding carboxylic acids is 1. The van der Waals surface area contributed by atoms with Crippen LogP contribution in [0.15, 0.2) is 41.8 Å². The number of aryl methyl sites for hydroxylation is 1. The molecule has 2 amide bonds. The molecule has 2 aromatic rings. The van der Waals surface area contributed by atoms with Crippen LogP contribution in [-0.4, -0.2) is 6.03 Å². The zero-order valence-corrected chi connectivity index (χ0v) is 10.4. The molecule has 0 aliphatic carbocycles. The van der Waals surface area contributed by atoms with Crippen molar-refractivity contribution in [3.05, 3.63) is 52.9 Å². The molecule has 2 N–H and O–H groups in total. The van der Waals surface area contributed by atoms with Gasteiger partial charge in [-0.3, -0.25) is 5.32 Å². The molecule has 0 saturated carbocycles. The van der Waals surface area contributed by atoms with Crippen molar-refractivity contribution in [3.63, 3.8) is 0 Å². The molecule has 0 saturated heterocycles. The number of urea groups is 1. The van der Waals surface area contributed by atoms with Gasteiger partial charge >= 0.3 is 6.03 Å². The molecule has 0 aliphatic heterocycles. The highest BCUT2D eigenvalue weighted by atomic mass is 32.1. The summed E-state index contributed by atoms with van der Waals surface area (Å²) in [4.78, 5) is 11.6. The van der Waals surface area contributed by atoms with Gasteiger partial charge in [0.2, 0.25) is 0 Å². The summed E-state index contributed by atoms with van der Waals surface area (Å²) in [5, 5.41) is 8.38. The molecular weight excluding hydrogens is 232 g/mol. The van der Waals surface area contributed by atoms with Gasteiger partial charge in [0, 0.05) is 6.54 Å². The van der Waals surface area contributed by atoms with E-state index in [1.807, 2.05) is 42.6 Å². The molecule has 17 heavy (non-hydrogen) atoms. The highest BCUT2D eigenvalue weighted by Gasteiger charge is 2.01. The fraction of sp³-hybridized carbons (Fsp3) is 0.154. The molecule has 0 spiro atoms. The number of anilines is 1. The Bertz CT molecular complexity index is 494. The smallest absolute Gasteiger partial charge is 0.320 e. The Labute approximate surface area is 104 Å². The maximum absolute atomic E-state index is 11.6. The Morgan fingerprint density at radius 1 is 1.29 bits per heavy atom. The van der Waals surface area contributed by atoms with Crippen LogP contribution < -0.4 is 10.6 Å². The highest BCUT2D eigenvalue weighted by molar-refractivity contribution is 7.14. The molecule has 0 atom stereocenters. The monoisotopic (exact) mass is 246 g/mol. The van der Waals surface area contributed by atoms with Gasteiger partial charge in [0.05, 0.1) is 5.00 Å². The predicted octanol–water partition coefficient (Wildman–Crippen LogP) is 3.38. The van der Waals surface area contributed by atoms with Crippen molar-refractivity contribution in [1.82, 2.24) is 5.32 Å². The van der Waals surface area contributed by atoms with Crippen molar-refractivity contribution in [2.75, 3.05) is 5.32 Å². The standard InChI is InChI=1S/C13H14N2OS/c1-10-4-2-5-11(8-10)9-14-13(16)15-12-6-3-7-17-12/h2-8H,9H2,1H3,(H2,14,15,16). The highest BCUT2D eigenvalue weighted by Crippen LogP contribution is 2.14. The summed E-state index contributed by atoms with van der Waals surface area (Å²) >= 11 is 1.50. The van der Waals surface area contributed by atoms with Gasteiger partial charge < -0.3 is 5.32 Å². The first-order chi connectivity index (χ1) is 8.24. The second-order valence-electron chi connectivity index (χ2n) is 3.77. The first kappa shape index (κ1) is 11.7. The lowest BCUT2D eigenvalue weighted by Gasteiger charge is -2.06. The van der Waals surface area contributed by atoms with Crippen LogP contribution in [0.3, 0.4) is 0 Å². The Morgan fingerprint density at radius 3 is 2.88 bits per heavy atom. The second-order valence-corrected chi connectivity index (χ2v) is 4.72. The van der Waals surface area contributed by atoms with Crippen molar-refractivity contribution in [1.29, 1.82) is 0 Å². The van der Waals surface area contributed by atoms with Crippen molar-refractivity contribution in [2.45, 2.75) is 13.5 Å². The van der Waals surface area contributed by atoms with Crippen molar-refractivity contribution in [3.8, 4) is 0 Å². The molecule has 1 aromatic heterocycles. The summed E-state index contributed by atoms with van der Waals surface area (Å²) in [6.07, 6.45) is 0. The molecule has 1 heterocycles. The molecule has 3 nitrogen and oxygen atoms in total. The van der Waals surface area contributed by atoms with Crippen LogP contribution in [-0.2, 0) is 6.54 Å². The second kappa shape index (κ2) is 5.50. The minimum Gasteiger partial charge on any atom is -0.334 e. The fourth-order valence-corrected chi connectivity index (χ4v) is 2.12. The topological polar surface area (TPSA) is 41.1 Å². The molecule has 0 radical (unpaired) electrons. The number of benzene rings is 1. The van der Waals surface area contributed by atoms with Gasteiger partial charge in [0.25, 0.3) is 0 Å². The van der Waals surface area contributed by atoms with Gasteiger partial charge in [-0.05, 0) is 30.0 Å². The van der Waals surface area contributed by atoms with E-state index in [1.165, 1.54) is 16.9 Å². The first-order valence-corrected chi connectivity index (χ1v) is 6.26. The lowest BCUT2D eigenvalue weighted by atomic mass is 10.1. The van der Waals surface area contributed by atoms with Crippen molar-refractivity contribution >= 4 is 22.4 Å². The zero-order chi connectivity index (χ0) is 12.1. The largest absolute Gasteiger partial charge is 0.334 e. The van der Waals surface area contributed by atoms with Crippen LogP contribution in [0.1, 0.15) is 11.1 Å². The van der Waals surface area contributed by atoms with Crippen molar-refractivity contribution in [2.24, 2.45) is 0 Å². The average molecular weight is 246 g/mol. The van der Waals surface area contributed by atoms with E-state index in [9.17, 15) is 4.79 Å². The van der Waals surface area contributed by atoms with Gasteiger partial charge in [-0.2, -0.15) is 0 Å². The zero-order valence-electron chi connectivity index (χ0n) is 9.57. The number of rotatable bonds is 3. The van der Waals surface area contributed by atoms with Crippen LogP contribution in [0, 0.1) is 6.92 Å². The summed E-state index contributed by atoms with van der Waals surface area (Å²) in [7, 11) is 0. The third-order valence-corrected chi connectivity index (χ3v) is 3.08. The van der Waals surface area contributed by atoms with E-state index in [-0.39, 0.29) is 6.03 Å². The number of amides is 2. The van der Waals surface area contributed by atoms with E-state index in [4.69, 9.17) is 0 Å². The van der Waals surface area contributed by atoms with Gasteiger partial charge in [0.1, 0.15) is 0 Å². The van der Waals surface area contributed by atoms with E-state index in [0.717, 1.165) is 10.6 Å². The molecule has 1 aromatic carbocycles. The predicted molar refractivity (Wildman–Crippen MR) is 71.4 cm³/mol. The summed E-state index contributed by atoms with van der Waals surface area (Å²) in [6, 6.07) is 11.7. The normalized spacial score (nSPS) is 9.94. The SMILES string of the molecule is Cc1cccc(CNC(=O)Nc2cccs2)c1. The van der Waals surface area contributed by atoms with Crippen LogP contribution in [0.25, 0.3) is 0 Å². The van der Waals surface area contributed by atoms with Crippen LogP contribution in [0.5, 0.6) is 0 Å². The summed E-state index contributed by atoms with van der Waals surface area (Å²) < 4.78 is 0. The minimum absolute atomic E-state index is 0.172. The molecule has 0 fully saturated rings. The van der Waals surface area contributed by atoms with Crippen LogP contribution in [0.4, 0.5) is 9.80 Å². The van der Waals surface area contributed by atoms with E-state index < -0.39 is 0 Å². The third kappa shape index (κ3) is 3.60. The quantitative estimate of drug-likeness (QED) is 0.856. The molecule has 88 valence electrons. The van der Waals surface area contributed by atoms with Crippen LogP contribution in [0.2, 0.25) is 0 Å².